The zero-order valence-electron chi connectivity index (χ0n) is 15.9. The van der Waals surface area contributed by atoms with E-state index in [0.29, 0.717) is 49.0 Å². The van der Waals surface area contributed by atoms with Crippen LogP contribution in [0.15, 0.2) is 24.3 Å². The molecule has 0 atom stereocenters. The molecule has 0 bridgehead atoms. The molecule has 0 radical (unpaired) electrons. The van der Waals surface area contributed by atoms with Crippen LogP contribution >= 0.6 is 11.6 Å². The van der Waals surface area contributed by atoms with Gasteiger partial charge in [0.25, 0.3) is 11.8 Å². The predicted molar refractivity (Wildman–Crippen MR) is 104 cm³/mol. The van der Waals surface area contributed by atoms with Crippen LogP contribution in [0, 0.1) is 11.8 Å². The van der Waals surface area contributed by atoms with Gasteiger partial charge in [-0.2, -0.15) is 0 Å². The molecule has 27 heavy (non-hydrogen) atoms. The topological polar surface area (TPSA) is 75.7 Å². The van der Waals surface area contributed by atoms with Crippen LogP contribution in [0.4, 0.5) is 0 Å². The van der Waals surface area contributed by atoms with Crippen LogP contribution in [0.2, 0.25) is 5.02 Å². The highest BCUT2D eigenvalue weighted by Crippen LogP contribution is 2.21. The van der Waals surface area contributed by atoms with Gasteiger partial charge in [-0.05, 0) is 49.4 Å². The van der Waals surface area contributed by atoms with Crippen molar-refractivity contribution in [2.24, 2.45) is 11.8 Å². The van der Waals surface area contributed by atoms with Crippen LogP contribution in [0.1, 0.15) is 43.5 Å². The fraction of sp³-hybridized carbons (Fsp3) is 0.550. The van der Waals surface area contributed by atoms with Crippen molar-refractivity contribution in [3.8, 4) is 0 Å². The molecule has 1 aromatic rings. The van der Waals surface area contributed by atoms with Gasteiger partial charge in [0.15, 0.2) is 6.61 Å². The van der Waals surface area contributed by atoms with E-state index in [1.165, 1.54) is 0 Å². The Labute approximate surface area is 165 Å². The molecule has 2 amide bonds. The minimum absolute atomic E-state index is 0.0667. The Hall–Kier alpha value is -2.08. The van der Waals surface area contributed by atoms with Crippen molar-refractivity contribution in [2.75, 3.05) is 26.2 Å². The number of hydrogen-bond acceptors (Lipinski definition) is 4. The first-order valence-corrected chi connectivity index (χ1v) is 9.72. The number of rotatable bonds is 7. The van der Waals surface area contributed by atoms with Gasteiger partial charge >= 0.3 is 5.97 Å². The summed E-state index contributed by atoms with van der Waals surface area (Å²) in [5.41, 5.74) is 0.582. The molecular weight excluding hydrogens is 368 g/mol. The Balaban J connectivity index is 1.71. The SMILES string of the molecule is CC(C)CCNC(=O)COC(=O)C1CCN(C(=O)c2ccc(Cl)cc2)CC1. The molecule has 1 saturated heterocycles. The van der Waals surface area contributed by atoms with Gasteiger partial charge in [-0.3, -0.25) is 14.4 Å². The number of piperidine rings is 1. The predicted octanol–water partition coefficient (Wildman–Crippen LogP) is 2.90. The molecule has 0 unspecified atom stereocenters. The molecule has 1 aromatic carbocycles. The third-order valence-electron chi connectivity index (χ3n) is 4.60. The first kappa shape index (κ1) is 21.2. The molecule has 1 aliphatic rings. The van der Waals surface area contributed by atoms with Crippen molar-refractivity contribution in [2.45, 2.75) is 33.1 Å². The minimum Gasteiger partial charge on any atom is -0.455 e. The molecule has 1 aliphatic heterocycles. The number of nitrogens with zero attached hydrogens (tertiary/aromatic N) is 1. The van der Waals surface area contributed by atoms with Gasteiger partial charge in [0.2, 0.25) is 0 Å². The summed E-state index contributed by atoms with van der Waals surface area (Å²) in [6.07, 6.45) is 1.96. The number of ether oxygens (including phenoxy) is 1. The summed E-state index contributed by atoms with van der Waals surface area (Å²) < 4.78 is 5.13. The van der Waals surface area contributed by atoms with E-state index < -0.39 is 0 Å². The Bertz CT molecular complexity index is 652. The second-order valence-electron chi connectivity index (χ2n) is 7.21. The quantitative estimate of drug-likeness (QED) is 0.721. The van der Waals surface area contributed by atoms with Gasteiger partial charge in [0.1, 0.15) is 0 Å². The van der Waals surface area contributed by atoms with E-state index >= 15 is 0 Å². The molecule has 0 aromatic heterocycles. The highest BCUT2D eigenvalue weighted by molar-refractivity contribution is 6.30. The summed E-state index contributed by atoms with van der Waals surface area (Å²) in [7, 11) is 0. The van der Waals surface area contributed by atoms with Crippen molar-refractivity contribution in [3.05, 3.63) is 34.9 Å². The summed E-state index contributed by atoms with van der Waals surface area (Å²) >= 11 is 5.85. The van der Waals surface area contributed by atoms with E-state index in [9.17, 15) is 14.4 Å². The molecule has 6 nitrogen and oxygen atoms in total. The third-order valence-corrected chi connectivity index (χ3v) is 4.85. The van der Waals surface area contributed by atoms with Gasteiger partial charge < -0.3 is 15.0 Å². The number of nitrogens with one attached hydrogen (secondary N) is 1. The highest BCUT2D eigenvalue weighted by atomic mass is 35.5. The van der Waals surface area contributed by atoms with Crippen molar-refractivity contribution >= 4 is 29.4 Å². The average Bonchev–Trinajstić information content (AvgIpc) is 2.66. The van der Waals surface area contributed by atoms with Crippen molar-refractivity contribution in [1.82, 2.24) is 10.2 Å². The maximum absolute atomic E-state index is 12.5. The standard InChI is InChI=1S/C20H27ClN2O4/c1-14(2)7-10-22-18(24)13-27-20(26)16-8-11-23(12-9-16)19(25)15-3-5-17(21)6-4-15/h3-6,14,16H,7-13H2,1-2H3,(H,22,24). The lowest BCUT2D eigenvalue weighted by Crippen LogP contribution is -2.41. The summed E-state index contributed by atoms with van der Waals surface area (Å²) in [6.45, 7) is 5.47. The molecule has 1 heterocycles. The summed E-state index contributed by atoms with van der Waals surface area (Å²) in [5.74, 6) is -0.480. The number of likely N-dealkylation sites (tertiary alicyclic amines) is 1. The van der Waals surface area contributed by atoms with Crippen LogP contribution in [-0.2, 0) is 14.3 Å². The Morgan fingerprint density at radius 3 is 2.41 bits per heavy atom. The summed E-state index contributed by atoms with van der Waals surface area (Å²) in [6, 6.07) is 6.77. The third kappa shape index (κ3) is 6.86. The molecule has 2 rings (SSSR count). The van der Waals surface area contributed by atoms with E-state index in [-0.39, 0.29) is 30.3 Å². The fourth-order valence-electron chi connectivity index (χ4n) is 2.90. The minimum atomic E-state index is -0.368. The molecule has 7 heteroatoms. The van der Waals surface area contributed by atoms with Crippen molar-refractivity contribution in [3.63, 3.8) is 0 Å². The zero-order valence-corrected chi connectivity index (χ0v) is 16.6. The maximum atomic E-state index is 12.5. The number of hydrogen-bond donors (Lipinski definition) is 1. The second-order valence-corrected chi connectivity index (χ2v) is 7.65. The smallest absolute Gasteiger partial charge is 0.309 e. The first-order chi connectivity index (χ1) is 12.9. The lowest BCUT2D eigenvalue weighted by Gasteiger charge is -2.31. The summed E-state index contributed by atoms with van der Waals surface area (Å²) in [5, 5.41) is 3.32. The van der Waals surface area contributed by atoms with E-state index in [1.54, 1.807) is 29.2 Å². The zero-order chi connectivity index (χ0) is 19.8. The number of amides is 2. The maximum Gasteiger partial charge on any atom is 0.309 e. The van der Waals surface area contributed by atoms with Gasteiger partial charge in [-0.25, -0.2) is 0 Å². The van der Waals surface area contributed by atoms with E-state index in [4.69, 9.17) is 16.3 Å². The Morgan fingerprint density at radius 2 is 1.81 bits per heavy atom. The lowest BCUT2D eigenvalue weighted by atomic mass is 9.96. The first-order valence-electron chi connectivity index (χ1n) is 9.35. The molecule has 0 aliphatic carbocycles. The van der Waals surface area contributed by atoms with E-state index in [1.807, 2.05) is 0 Å². The van der Waals surface area contributed by atoms with Crippen molar-refractivity contribution in [1.29, 1.82) is 0 Å². The number of carbonyl (C=O) groups is 3. The molecule has 1 N–H and O–H groups in total. The number of benzene rings is 1. The monoisotopic (exact) mass is 394 g/mol. The van der Waals surface area contributed by atoms with Gasteiger partial charge in [-0.15, -0.1) is 0 Å². The van der Waals surface area contributed by atoms with Crippen LogP contribution < -0.4 is 5.32 Å². The Morgan fingerprint density at radius 1 is 1.19 bits per heavy atom. The van der Waals surface area contributed by atoms with Gasteiger partial charge in [0.05, 0.1) is 5.92 Å². The fourth-order valence-corrected chi connectivity index (χ4v) is 3.03. The Kier molecular flexibility index (Phi) is 8.10. The van der Waals surface area contributed by atoms with E-state index in [0.717, 1.165) is 6.42 Å². The number of carbonyl (C=O) groups excluding carboxylic acids is 3. The normalized spacial score (nSPS) is 14.9. The highest BCUT2D eigenvalue weighted by Gasteiger charge is 2.29. The summed E-state index contributed by atoms with van der Waals surface area (Å²) in [4.78, 5) is 38.0. The van der Waals surface area contributed by atoms with Gasteiger partial charge in [0, 0.05) is 30.2 Å². The van der Waals surface area contributed by atoms with Crippen molar-refractivity contribution < 1.29 is 19.1 Å². The average molecular weight is 395 g/mol. The van der Waals surface area contributed by atoms with Crippen LogP contribution in [-0.4, -0.2) is 48.9 Å². The van der Waals surface area contributed by atoms with Crippen LogP contribution in [0.25, 0.3) is 0 Å². The molecule has 0 saturated carbocycles. The molecule has 1 fully saturated rings. The van der Waals surface area contributed by atoms with Crippen LogP contribution in [0.3, 0.4) is 0 Å². The van der Waals surface area contributed by atoms with E-state index in [2.05, 4.69) is 19.2 Å². The largest absolute Gasteiger partial charge is 0.455 e. The van der Waals surface area contributed by atoms with Gasteiger partial charge in [-0.1, -0.05) is 25.4 Å². The molecular formula is C20H27ClN2O4. The van der Waals surface area contributed by atoms with Crippen LogP contribution in [0.5, 0.6) is 0 Å². The second kappa shape index (κ2) is 10.3. The lowest BCUT2D eigenvalue weighted by molar-refractivity contribution is -0.153. The molecule has 0 spiro atoms. The number of halogens is 1. The number of esters is 1. The molecule has 148 valence electrons.